The van der Waals surface area contributed by atoms with E-state index < -0.39 is 0 Å². The van der Waals surface area contributed by atoms with E-state index in [4.69, 9.17) is 14.7 Å². The van der Waals surface area contributed by atoms with Crippen molar-refractivity contribution in [3.8, 4) is 17.6 Å². The molecule has 0 spiro atoms. The highest BCUT2D eigenvalue weighted by molar-refractivity contribution is 7.09. The van der Waals surface area contributed by atoms with E-state index in [1.54, 1.807) is 11.3 Å². The van der Waals surface area contributed by atoms with Gasteiger partial charge in [-0.05, 0) is 36.1 Å². The lowest BCUT2D eigenvalue weighted by atomic mass is 10.2. The van der Waals surface area contributed by atoms with Gasteiger partial charge in [0.1, 0.15) is 6.61 Å². The van der Waals surface area contributed by atoms with Crippen molar-refractivity contribution in [2.75, 3.05) is 13.2 Å². The fourth-order valence-corrected chi connectivity index (χ4v) is 2.47. The molecule has 2 aromatic rings. The summed E-state index contributed by atoms with van der Waals surface area (Å²) in [5.41, 5.74) is 1.07. The normalized spacial score (nSPS) is 9.64. The minimum atomic E-state index is 0. The molecule has 0 atom stereocenters. The highest BCUT2D eigenvalue weighted by Gasteiger charge is 2.07. The van der Waals surface area contributed by atoms with Crippen molar-refractivity contribution >= 4 is 23.7 Å². The summed E-state index contributed by atoms with van der Waals surface area (Å²) < 4.78 is 11.5. The molecule has 2 rings (SSSR count). The summed E-state index contributed by atoms with van der Waals surface area (Å²) in [6.07, 6.45) is 0. The van der Waals surface area contributed by atoms with Crippen molar-refractivity contribution in [2.45, 2.75) is 20.1 Å². The summed E-state index contributed by atoms with van der Waals surface area (Å²) in [7, 11) is 0. The second kappa shape index (κ2) is 10.1. The van der Waals surface area contributed by atoms with Crippen molar-refractivity contribution < 1.29 is 9.47 Å². The molecular weight excluding hydrogens is 320 g/mol. The highest BCUT2D eigenvalue weighted by atomic mass is 35.5. The van der Waals surface area contributed by atoms with Crippen LogP contribution in [0.2, 0.25) is 0 Å². The fraction of sp³-hybridized carbons (Fsp3) is 0.312. The van der Waals surface area contributed by atoms with Gasteiger partial charge in [-0.3, -0.25) is 0 Å². The zero-order chi connectivity index (χ0) is 14.9. The van der Waals surface area contributed by atoms with Crippen LogP contribution < -0.4 is 14.8 Å². The van der Waals surface area contributed by atoms with E-state index >= 15 is 0 Å². The number of hydrogen-bond donors (Lipinski definition) is 1. The minimum Gasteiger partial charge on any atom is -0.490 e. The summed E-state index contributed by atoms with van der Waals surface area (Å²) in [6, 6.07) is 12.0. The number of thiophene rings is 1. The van der Waals surface area contributed by atoms with Gasteiger partial charge < -0.3 is 14.8 Å². The smallest absolute Gasteiger partial charge is 0.161 e. The van der Waals surface area contributed by atoms with E-state index in [-0.39, 0.29) is 12.4 Å². The molecular formula is C16H19ClN2O2S. The molecule has 0 saturated carbocycles. The summed E-state index contributed by atoms with van der Waals surface area (Å²) in [5.74, 6) is 1.49. The van der Waals surface area contributed by atoms with E-state index in [0.717, 1.165) is 17.1 Å². The van der Waals surface area contributed by atoms with Gasteiger partial charge in [-0.2, -0.15) is 5.26 Å². The standard InChI is InChI=1S/C16H18N2O2S.ClH/c1-2-19-16-10-13(11-18-8-7-17)5-6-15(16)20-12-14-4-3-9-21-14;/h3-6,9-10,18H,2,8,11-12H2,1H3;1H. The average Bonchev–Trinajstić information content (AvgIpc) is 3.00. The quantitative estimate of drug-likeness (QED) is 0.588. The molecule has 6 heteroatoms. The number of halogens is 1. The topological polar surface area (TPSA) is 54.3 Å². The molecule has 1 aromatic heterocycles. The number of rotatable bonds is 8. The molecule has 0 aliphatic carbocycles. The van der Waals surface area contributed by atoms with Crippen LogP contribution in [0, 0.1) is 11.3 Å². The zero-order valence-corrected chi connectivity index (χ0v) is 14.0. The number of nitriles is 1. The Morgan fingerprint density at radius 2 is 2.09 bits per heavy atom. The first-order chi connectivity index (χ1) is 10.3. The van der Waals surface area contributed by atoms with E-state index in [1.165, 1.54) is 4.88 Å². The van der Waals surface area contributed by atoms with Crippen molar-refractivity contribution in [2.24, 2.45) is 0 Å². The van der Waals surface area contributed by atoms with Crippen molar-refractivity contribution in [1.29, 1.82) is 5.26 Å². The third kappa shape index (κ3) is 5.57. The van der Waals surface area contributed by atoms with Gasteiger partial charge in [0.25, 0.3) is 0 Å². The molecule has 118 valence electrons. The highest BCUT2D eigenvalue weighted by Crippen LogP contribution is 2.29. The van der Waals surface area contributed by atoms with Crippen LogP contribution in [0.3, 0.4) is 0 Å². The fourth-order valence-electron chi connectivity index (χ4n) is 1.86. The SMILES string of the molecule is CCOc1cc(CNCC#N)ccc1OCc1cccs1.Cl. The first-order valence-electron chi connectivity index (χ1n) is 6.82. The second-order valence-electron chi connectivity index (χ2n) is 4.34. The molecule has 0 radical (unpaired) electrons. The Morgan fingerprint density at radius 1 is 1.23 bits per heavy atom. The molecule has 0 amide bonds. The van der Waals surface area contributed by atoms with E-state index in [9.17, 15) is 0 Å². The predicted molar refractivity (Wildman–Crippen MR) is 90.8 cm³/mol. The maximum absolute atomic E-state index is 8.53. The maximum Gasteiger partial charge on any atom is 0.161 e. The van der Waals surface area contributed by atoms with Gasteiger partial charge in [0.2, 0.25) is 0 Å². The number of benzene rings is 1. The van der Waals surface area contributed by atoms with Crippen LogP contribution in [-0.2, 0) is 13.2 Å². The molecule has 0 aliphatic rings. The summed E-state index contributed by atoms with van der Waals surface area (Å²) >= 11 is 1.67. The molecule has 1 heterocycles. The van der Waals surface area contributed by atoms with Gasteiger partial charge in [-0.1, -0.05) is 12.1 Å². The maximum atomic E-state index is 8.53. The first-order valence-corrected chi connectivity index (χ1v) is 7.70. The van der Waals surface area contributed by atoms with Gasteiger partial charge in [0.05, 0.1) is 19.2 Å². The molecule has 4 nitrogen and oxygen atoms in total. The Morgan fingerprint density at radius 3 is 2.77 bits per heavy atom. The molecule has 22 heavy (non-hydrogen) atoms. The molecule has 0 bridgehead atoms. The molecule has 0 unspecified atom stereocenters. The van der Waals surface area contributed by atoms with Gasteiger partial charge in [0, 0.05) is 11.4 Å². The van der Waals surface area contributed by atoms with Crippen molar-refractivity contribution in [3.63, 3.8) is 0 Å². The Labute approximate surface area is 141 Å². The van der Waals surface area contributed by atoms with Crippen LogP contribution in [0.1, 0.15) is 17.4 Å². The van der Waals surface area contributed by atoms with Crippen molar-refractivity contribution in [1.82, 2.24) is 5.32 Å². The van der Waals surface area contributed by atoms with E-state index in [0.29, 0.717) is 26.3 Å². The third-order valence-corrected chi connectivity index (χ3v) is 3.64. The van der Waals surface area contributed by atoms with Gasteiger partial charge in [-0.15, -0.1) is 23.7 Å². The molecule has 0 saturated heterocycles. The second-order valence-corrected chi connectivity index (χ2v) is 5.38. The lowest BCUT2D eigenvalue weighted by molar-refractivity contribution is 0.271. The molecule has 1 aromatic carbocycles. The Balaban J connectivity index is 0.00000242. The van der Waals surface area contributed by atoms with Gasteiger partial charge in [0.15, 0.2) is 11.5 Å². The van der Waals surface area contributed by atoms with E-state index in [1.807, 2.05) is 42.6 Å². The summed E-state index contributed by atoms with van der Waals surface area (Å²) in [5, 5.41) is 13.6. The molecule has 0 aliphatic heterocycles. The van der Waals surface area contributed by atoms with Crippen LogP contribution >= 0.6 is 23.7 Å². The molecule has 1 N–H and O–H groups in total. The third-order valence-electron chi connectivity index (χ3n) is 2.79. The Bertz CT molecular complexity index is 597. The Kier molecular flexibility index (Phi) is 8.38. The number of hydrogen-bond acceptors (Lipinski definition) is 5. The Hall–Kier alpha value is -1.74. The van der Waals surface area contributed by atoms with Gasteiger partial charge in [-0.25, -0.2) is 0 Å². The summed E-state index contributed by atoms with van der Waals surface area (Å²) in [4.78, 5) is 1.18. The zero-order valence-electron chi connectivity index (χ0n) is 12.4. The lowest BCUT2D eigenvalue weighted by Gasteiger charge is -2.13. The van der Waals surface area contributed by atoms with Crippen LogP contribution in [0.15, 0.2) is 35.7 Å². The number of nitrogens with one attached hydrogen (secondary N) is 1. The minimum absolute atomic E-state index is 0. The van der Waals surface area contributed by atoms with Crippen LogP contribution in [0.4, 0.5) is 0 Å². The van der Waals surface area contributed by atoms with Crippen LogP contribution in [0.25, 0.3) is 0 Å². The predicted octanol–water partition coefficient (Wildman–Crippen LogP) is 3.76. The lowest BCUT2D eigenvalue weighted by Crippen LogP contribution is -2.13. The van der Waals surface area contributed by atoms with Gasteiger partial charge >= 0.3 is 0 Å². The first kappa shape index (κ1) is 18.3. The number of ether oxygens (including phenoxy) is 2. The summed E-state index contributed by atoms with van der Waals surface area (Å²) in [6.45, 7) is 4.05. The van der Waals surface area contributed by atoms with Crippen LogP contribution in [-0.4, -0.2) is 13.2 Å². The van der Waals surface area contributed by atoms with Crippen molar-refractivity contribution in [3.05, 3.63) is 46.2 Å². The largest absolute Gasteiger partial charge is 0.490 e. The monoisotopic (exact) mass is 338 g/mol. The van der Waals surface area contributed by atoms with Crippen LogP contribution in [0.5, 0.6) is 11.5 Å². The average molecular weight is 339 g/mol. The molecule has 0 fully saturated rings. The van der Waals surface area contributed by atoms with E-state index in [2.05, 4.69) is 11.4 Å². The number of nitrogens with zero attached hydrogens (tertiary/aromatic N) is 1.